The number of amides is 1. The van der Waals surface area contributed by atoms with Gasteiger partial charge in [0, 0.05) is 38.0 Å². The number of hydrogen-bond donors (Lipinski definition) is 0. The highest BCUT2D eigenvalue weighted by Gasteiger charge is 2.25. The van der Waals surface area contributed by atoms with Crippen molar-refractivity contribution in [1.29, 1.82) is 0 Å². The van der Waals surface area contributed by atoms with E-state index in [1.165, 1.54) is 10.9 Å². The Balaban J connectivity index is 1.62. The van der Waals surface area contributed by atoms with Crippen LogP contribution < -0.4 is 15.2 Å². The van der Waals surface area contributed by atoms with E-state index in [0.29, 0.717) is 30.2 Å². The topological polar surface area (TPSA) is 93.4 Å². The molecule has 1 aliphatic heterocycles. The van der Waals surface area contributed by atoms with Gasteiger partial charge in [0.15, 0.2) is 5.82 Å². The zero-order valence-corrected chi connectivity index (χ0v) is 16.8. The zero-order valence-electron chi connectivity index (χ0n) is 16.8. The summed E-state index contributed by atoms with van der Waals surface area (Å²) in [4.78, 5) is 32.8. The van der Waals surface area contributed by atoms with Gasteiger partial charge in [-0.3, -0.25) is 14.2 Å². The van der Waals surface area contributed by atoms with Gasteiger partial charge in [-0.15, -0.1) is 10.2 Å². The Kier molecular flexibility index (Phi) is 5.91. The SMILES string of the molecule is Cc1ncn(CC(=O)N2CCCC(Oc3ccc(N(C)C)nn3)C2)c(=O)c1C. The molecule has 2 aromatic heterocycles. The number of carbonyl (C=O) groups is 1. The Bertz CT molecular complexity index is 894. The molecule has 1 unspecified atom stereocenters. The van der Waals surface area contributed by atoms with E-state index in [1.807, 2.05) is 25.1 Å². The molecule has 9 nitrogen and oxygen atoms in total. The van der Waals surface area contributed by atoms with Crippen molar-refractivity contribution in [3.05, 3.63) is 40.1 Å². The minimum Gasteiger partial charge on any atom is -0.471 e. The van der Waals surface area contributed by atoms with E-state index in [4.69, 9.17) is 4.74 Å². The molecule has 1 atom stereocenters. The second-order valence-corrected chi connectivity index (χ2v) is 7.23. The van der Waals surface area contributed by atoms with Crippen LogP contribution in [0.1, 0.15) is 24.1 Å². The normalized spacial score (nSPS) is 16.7. The predicted molar refractivity (Wildman–Crippen MR) is 105 cm³/mol. The third-order valence-electron chi connectivity index (χ3n) is 4.92. The quantitative estimate of drug-likeness (QED) is 0.750. The molecule has 0 radical (unpaired) electrons. The fraction of sp³-hybridized carbons (Fsp3) is 0.526. The Morgan fingerprint density at radius 3 is 2.75 bits per heavy atom. The maximum absolute atomic E-state index is 12.7. The van der Waals surface area contributed by atoms with Gasteiger partial charge in [-0.05, 0) is 32.8 Å². The van der Waals surface area contributed by atoms with E-state index >= 15 is 0 Å². The van der Waals surface area contributed by atoms with Gasteiger partial charge in [0.05, 0.1) is 12.9 Å². The second kappa shape index (κ2) is 8.37. The van der Waals surface area contributed by atoms with Gasteiger partial charge in [-0.2, -0.15) is 0 Å². The van der Waals surface area contributed by atoms with Crippen LogP contribution in [0.3, 0.4) is 0 Å². The molecule has 28 heavy (non-hydrogen) atoms. The number of ether oxygens (including phenoxy) is 1. The molecule has 0 saturated carbocycles. The molecule has 1 fully saturated rings. The second-order valence-electron chi connectivity index (χ2n) is 7.23. The smallest absolute Gasteiger partial charge is 0.256 e. The summed E-state index contributed by atoms with van der Waals surface area (Å²) in [5.41, 5.74) is 1.07. The number of hydrogen-bond acceptors (Lipinski definition) is 7. The minimum atomic E-state index is -0.179. The van der Waals surface area contributed by atoms with Gasteiger partial charge in [-0.1, -0.05) is 0 Å². The van der Waals surface area contributed by atoms with E-state index in [9.17, 15) is 9.59 Å². The highest BCUT2D eigenvalue weighted by Crippen LogP contribution is 2.18. The first-order valence-electron chi connectivity index (χ1n) is 9.33. The molecule has 0 aliphatic carbocycles. The van der Waals surface area contributed by atoms with E-state index in [2.05, 4.69) is 15.2 Å². The van der Waals surface area contributed by atoms with Crippen LogP contribution in [-0.4, -0.2) is 63.8 Å². The third-order valence-corrected chi connectivity index (χ3v) is 4.92. The van der Waals surface area contributed by atoms with Crippen molar-refractivity contribution in [3.8, 4) is 5.88 Å². The van der Waals surface area contributed by atoms with Crippen LogP contribution in [0, 0.1) is 13.8 Å². The van der Waals surface area contributed by atoms with Gasteiger partial charge in [0.25, 0.3) is 5.56 Å². The molecule has 9 heteroatoms. The number of piperidine rings is 1. The third kappa shape index (κ3) is 4.47. The first-order chi connectivity index (χ1) is 13.3. The summed E-state index contributed by atoms with van der Waals surface area (Å²) in [6, 6.07) is 3.62. The summed E-state index contributed by atoms with van der Waals surface area (Å²) in [5, 5.41) is 8.19. The minimum absolute atomic E-state index is 0.0169. The van der Waals surface area contributed by atoms with Gasteiger partial charge in [0.2, 0.25) is 11.8 Å². The van der Waals surface area contributed by atoms with Crippen molar-refractivity contribution >= 4 is 11.7 Å². The van der Waals surface area contributed by atoms with Crippen LogP contribution in [-0.2, 0) is 11.3 Å². The molecule has 1 aliphatic rings. The summed E-state index contributed by atoms with van der Waals surface area (Å²) in [6.07, 6.45) is 2.96. The van der Waals surface area contributed by atoms with Gasteiger partial charge in [0.1, 0.15) is 12.6 Å². The lowest BCUT2D eigenvalue weighted by atomic mass is 10.1. The van der Waals surface area contributed by atoms with Crippen molar-refractivity contribution in [2.75, 3.05) is 32.1 Å². The zero-order chi connectivity index (χ0) is 20.3. The highest BCUT2D eigenvalue weighted by molar-refractivity contribution is 5.76. The number of nitrogens with zero attached hydrogens (tertiary/aromatic N) is 6. The van der Waals surface area contributed by atoms with E-state index in [0.717, 1.165) is 18.7 Å². The van der Waals surface area contributed by atoms with Gasteiger partial charge in [-0.25, -0.2) is 4.98 Å². The van der Waals surface area contributed by atoms with Gasteiger partial charge < -0.3 is 14.5 Å². The lowest BCUT2D eigenvalue weighted by Crippen LogP contribution is -2.46. The molecular weight excluding hydrogens is 360 g/mol. The first-order valence-corrected chi connectivity index (χ1v) is 9.33. The number of aryl methyl sites for hydroxylation is 1. The molecule has 150 valence electrons. The fourth-order valence-corrected chi connectivity index (χ4v) is 3.08. The molecule has 0 aromatic carbocycles. The molecule has 1 amide bonds. The lowest BCUT2D eigenvalue weighted by Gasteiger charge is -2.32. The monoisotopic (exact) mass is 386 g/mol. The molecule has 2 aromatic rings. The number of carbonyl (C=O) groups excluding carboxylic acids is 1. The van der Waals surface area contributed by atoms with E-state index in [1.54, 1.807) is 24.8 Å². The van der Waals surface area contributed by atoms with Crippen LogP contribution >= 0.6 is 0 Å². The summed E-state index contributed by atoms with van der Waals surface area (Å²) < 4.78 is 7.27. The molecular formula is C19H26N6O3. The van der Waals surface area contributed by atoms with Crippen LogP contribution in [0.4, 0.5) is 5.82 Å². The molecule has 1 saturated heterocycles. The maximum atomic E-state index is 12.7. The summed E-state index contributed by atoms with van der Waals surface area (Å²) >= 11 is 0. The Morgan fingerprint density at radius 2 is 2.07 bits per heavy atom. The lowest BCUT2D eigenvalue weighted by molar-refractivity contribution is -0.134. The molecule has 0 spiro atoms. The van der Waals surface area contributed by atoms with E-state index in [-0.39, 0.29) is 24.1 Å². The summed E-state index contributed by atoms with van der Waals surface area (Å²) in [7, 11) is 3.79. The van der Waals surface area contributed by atoms with Crippen molar-refractivity contribution in [1.82, 2.24) is 24.6 Å². The van der Waals surface area contributed by atoms with Crippen molar-refractivity contribution in [2.45, 2.75) is 39.3 Å². The molecule has 0 bridgehead atoms. The highest BCUT2D eigenvalue weighted by atomic mass is 16.5. The molecule has 0 N–H and O–H groups in total. The Hall–Kier alpha value is -2.97. The van der Waals surface area contributed by atoms with Crippen LogP contribution in [0.5, 0.6) is 5.88 Å². The number of aromatic nitrogens is 4. The standard InChI is InChI=1S/C19H26N6O3/c1-13-14(2)20-12-25(19(13)27)11-18(26)24-9-5-6-15(10-24)28-17-8-7-16(21-22-17)23(3)4/h7-8,12,15H,5-6,9-11H2,1-4H3. The number of likely N-dealkylation sites (tertiary alicyclic amines) is 1. The first kappa shape index (κ1) is 19.8. The van der Waals surface area contributed by atoms with Crippen molar-refractivity contribution in [3.63, 3.8) is 0 Å². The molecule has 3 rings (SSSR count). The summed E-state index contributed by atoms with van der Waals surface area (Å²) in [6.45, 7) is 4.60. The van der Waals surface area contributed by atoms with Crippen molar-refractivity contribution < 1.29 is 9.53 Å². The van der Waals surface area contributed by atoms with Gasteiger partial charge >= 0.3 is 0 Å². The number of rotatable bonds is 5. The van der Waals surface area contributed by atoms with Crippen molar-refractivity contribution in [2.24, 2.45) is 0 Å². The maximum Gasteiger partial charge on any atom is 0.256 e. The summed E-state index contributed by atoms with van der Waals surface area (Å²) in [5.74, 6) is 1.08. The van der Waals surface area contributed by atoms with Crippen LogP contribution in [0.2, 0.25) is 0 Å². The fourth-order valence-electron chi connectivity index (χ4n) is 3.08. The Morgan fingerprint density at radius 1 is 1.29 bits per heavy atom. The largest absolute Gasteiger partial charge is 0.471 e. The molecule has 3 heterocycles. The van der Waals surface area contributed by atoms with Crippen LogP contribution in [0.25, 0.3) is 0 Å². The van der Waals surface area contributed by atoms with Crippen LogP contribution in [0.15, 0.2) is 23.3 Å². The average molecular weight is 386 g/mol. The number of anilines is 1. The Labute approximate surface area is 164 Å². The average Bonchev–Trinajstić information content (AvgIpc) is 2.69. The van der Waals surface area contributed by atoms with E-state index < -0.39 is 0 Å². The predicted octanol–water partition coefficient (Wildman–Crippen LogP) is 0.786.